The van der Waals surface area contributed by atoms with Gasteiger partial charge in [0.1, 0.15) is 5.75 Å². The van der Waals surface area contributed by atoms with Crippen LogP contribution in [0.4, 0.5) is 5.69 Å². The molecule has 4 N–H and O–H groups in total. The molecule has 0 aliphatic heterocycles. The van der Waals surface area contributed by atoms with Crippen LogP contribution in [0.1, 0.15) is 26.3 Å². The van der Waals surface area contributed by atoms with Crippen LogP contribution >= 0.6 is 12.2 Å². The first-order chi connectivity index (χ1) is 17.9. The van der Waals surface area contributed by atoms with Gasteiger partial charge >= 0.3 is 0 Å². The molecular formula is C28H24N4O4S. The summed E-state index contributed by atoms with van der Waals surface area (Å²) in [7, 11) is 0. The monoisotopic (exact) mass is 512 g/mol. The molecule has 0 fully saturated rings. The first-order valence-corrected chi connectivity index (χ1v) is 11.8. The summed E-state index contributed by atoms with van der Waals surface area (Å²) in [6.07, 6.45) is 0. The molecule has 0 bridgehead atoms. The Balaban J connectivity index is 1.20. The number of carbonyl (C=O) groups is 3. The molecule has 4 rings (SSSR count). The van der Waals surface area contributed by atoms with E-state index in [1.165, 1.54) is 0 Å². The molecule has 0 saturated heterocycles. The van der Waals surface area contributed by atoms with E-state index in [9.17, 15) is 14.4 Å². The highest BCUT2D eigenvalue weighted by molar-refractivity contribution is 7.80. The largest absolute Gasteiger partial charge is 0.484 e. The third-order valence-corrected chi connectivity index (χ3v) is 5.52. The number of carbonyl (C=O) groups excluding carboxylic acids is 3. The fraction of sp³-hybridized carbons (Fsp3) is 0.0714. The first kappa shape index (κ1) is 25.3. The Morgan fingerprint density at radius 2 is 1.51 bits per heavy atom. The third-order valence-electron chi connectivity index (χ3n) is 5.32. The maximum absolute atomic E-state index is 12.4. The molecule has 0 aliphatic carbocycles. The van der Waals surface area contributed by atoms with E-state index in [2.05, 4.69) is 21.5 Å². The molecule has 0 aromatic heterocycles. The third kappa shape index (κ3) is 7.12. The van der Waals surface area contributed by atoms with Gasteiger partial charge in [-0.1, -0.05) is 48.0 Å². The zero-order chi connectivity index (χ0) is 26.2. The first-order valence-electron chi connectivity index (χ1n) is 11.4. The van der Waals surface area contributed by atoms with Crippen LogP contribution in [0.3, 0.4) is 0 Å². The van der Waals surface area contributed by atoms with Crippen LogP contribution < -0.4 is 26.2 Å². The maximum Gasteiger partial charge on any atom is 0.269 e. The Morgan fingerprint density at radius 3 is 2.27 bits per heavy atom. The maximum atomic E-state index is 12.4. The van der Waals surface area contributed by atoms with Gasteiger partial charge in [0.25, 0.3) is 17.7 Å². The van der Waals surface area contributed by atoms with Gasteiger partial charge < -0.3 is 10.1 Å². The molecule has 0 aliphatic rings. The molecule has 4 aromatic carbocycles. The smallest absolute Gasteiger partial charge is 0.269 e. The molecule has 0 unspecified atom stereocenters. The zero-order valence-corrected chi connectivity index (χ0v) is 20.7. The number of rotatable bonds is 6. The van der Waals surface area contributed by atoms with Crippen LogP contribution in [0, 0.1) is 6.92 Å². The SMILES string of the molecule is Cc1cccc(C(=O)Nc2ccc(C(=O)NNC(=S)NC(=O)COc3ccc4ccccc4c3)cc2)c1. The lowest BCUT2D eigenvalue weighted by atomic mass is 10.1. The van der Waals surface area contributed by atoms with E-state index in [0.29, 0.717) is 22.6 Å². The fourth-order valence-corrected chi connectivity index (χ4v) is 3.65. The van der Waals surface area contributed by atoms with Gasteiger partial charge in [0.15, 0.2) is 11.7 Å². The lowest BCUT2D eigenvalue weighted by Crippen LogP contribution is -2.49. The van der Waals surface area contributed by atoms with E-state index in [4.69, 9.17) is 17.0 Å². The molecule has 0 atom stereocenters. The Morgan fingerprint density at radius 1 is 0.757 bits per heavy atom. The molecular weight excluding hydrogens is 488 g/mol. The second-order valence-corrected chi connectivity index (χ2v) is 8.56. The van der Waals surface area contributed by atoms with E-state index in [-0.39, 0.29) is 17.6 Å². The highest BCUT2D eigenvalue weighted by Crippen LogP contribution is 2.20. The molecule has 0 heterocycles. The molecule has 3 amide bonds. The van der Waals surface area contributed by atoms with Crippen LogP contribution in [0.2, 0.25) is 0 Å². The van der Waals surface area contributed by atoms with Gasteiger partial charge in [-0.15, -0.1) is 0 Å². The molecule has 9 heteroatoms. The molecule has 37 heavy (non-hydrogen) atoms. The van der Waals surface area contributed by atoms with Crippen molar-refractivity contribution in [3.05, 3.63) is 108 Å². The Bertz CT molecular complexity index is 1470. The van der Waals surface area contributed by atoms with Crippen molar-refractivity contribution in [2.24, 2.45) is 0 Å². The number of thiocarbonyl (C=S) groups is 1. The van der Waals surface area contributed by atoms with Crippen molar-refractivity contribution < 1.29 is 19.1 Å². The number of amides is 3. The molecule has 0 saturated carbocycles. The van der Waals surface area contributed by atoms with Crippen LogP contribution in [-0.2, 0) is 4.79 Å². The standard InChI is InChI=1S/C28H24N4O4S/c1-18-5-4-8-22(15-18)26(34)29-23-12-9-20(10-13-23)27(35)31-32-28(37)30-25(33)17-36-24-14-11-19-6-2-3-7-21(19)16-24/h2-16H,17H2,1H3,(H,29,34)(H,31,35)(H2,30,32,33,37). The summed E-state index contributed by atoms with van der Waals surface area (Å²) < 4.78 is 5.53. The Hall–Kier alpha value is -4.76. The summed E-state index contributed by atoms with van der Waals surface area (Å²) in [4.78, 5) is 36.9. The van der Waals surface area contributed by atoms with Crippen LogP contribution in [-0.4, -0.2) is 29.4 Å². The van der Waals surface area contributed by atoms with Crippen molar-refractivity contribution in [2.75, 3.05) is 11.9 Å². The molecule has 0 spiro atoms. The van der Waals surface area contributed by atoms with Gasteiger partial charge in [0, 0.05) is 16.8 Å². The Labute approximate surface area is 219 Å². The normalized spacial score (nSPS) is 10.3. The summed E-state index contributed by atoms with van der Waals surface area (Å²) in [5.41, 5.74) is 7.31. The lowest BCUT2D eigenvalue weighted by molar-refractivity contribution is -0.121. The second-order valence-electron chi connectivity index (χ2n) is 8.16. The van der Waals surface area contributed by atoms with Crippen LogP contribution in [0.15, 0.2) is 91.0 Å². The predicted octanol–water partition coefficient (Wildman–Crippen LogP) is 4.12. The topological polar surface area (TPSA) is 109 Å². The number of anilines is 1. The average molecular weight is 513 g/mol. The Kier molecular flexibility index (Phi) is 8.07. The number of ether oxygens (including phenoxy) is 1. The lowest BCUT2D eigenvalue weighted by Gasteiger charge is -2.12. The molecule has 8 nitrogen and oxygen atoms in total. The van der Waals surface area contributed by atoms with Crippen molar-refractivity contribution in [3.63, 3.8) is 0 Å². The minimum Gasteiger partial charge on any atom is -0.484 e. The summed E-state index contributed by atoms with van der Waals surface area (Å²) in [5.74, 6) is -0.637. The van der Waals surface area contributed by atoms with Gasteiger partial charge in [0.2, 0.25) is 0 Å². The van der Waals surface area contributed by atoms with E-state index in [0.717, 1.165) is 16.3 Å². The summed E-state index contributed by atoms with van der Waals surface area (Å²) >= 11 is 5.06. The van der Waals surface area contributed by atoms with Crippen molar-refractivity contribution in [3.8, 4) is 5.75 Å². The van der Waals surface area contributed by atoms with Gasteiger partial charge in [0.05, 0.1) is 0 Å². The average Bonchev–Trinajstić information content (AvgIpc) is 2.91. The second kappa shape index (κ2) is 11.8. The number of fused-ring (bicyclic) bond motifs is 1. The van der Waals surface area contributed by atoms with Crippen molar-refractivity contribution in [1.82, 2.24) is 16.2 Å². The quantitative estimate of drug-likeness (QED) is 0.229. The van der Waals surface area contributed by atoms with Crippen molar-refractivity contribution in [1.29, 1.82) is 0 Å². The van der Waals surface area contributed by atoms with Crippen molar-refractivity contribution >= 4 is 51.5 Å². The predicted molar refractivity (Wildman–Crippen MR) is 146 cm³/mol. The minimum atomic E-state index is -0.478. The minimum absolute atomic E-state index is 0.0810. The van der Waals surface area contributed by atoms with Crippen molar-refractivity contribution in [2.45, 2.75) is 6.92 Å². The van der Waals surface area contributed by atoms with Gasteiger partial charge in [-0.3, -0.25) is 30.6 Å². The number of hydrogen-bond acceptors (Lipinski definition) is 5. The van der Waals surface area contributed by atoms with Gasteiger partial charge in [-0.05, 0) is 78.4 Å². The molecule has 4 aromatic rings. The molecule has 0 radical (unpaired) electrons. The van der Waals surface area contributed by atoms with Crippen LogP contribution in [0.5, 0.6) is 5.75 Å². The molecule has 186 valence electrons. The van der Waals surface area contributed by atoms with E-state index < -0.39 is 11.8 Å². The number of hydrogen-bond donors (Lipinski definition) is 4. The van der Waals surface area contributed by atoms with E-state index in [1.54, 1.807) is 42.5 Å². The van der Waals surface area contributed by atoms with Crippen LogP contribution in [0.25, 0.3) is 10.8 Å². The van der Waals surface area contributed by atoms with Gasteiger partial charge in [-0.25, -0.2) is 0 Å². The number of nitrogens with one attached hydrogen (secondary N) is 4. The van der Waals surface area contributed by atoms with E-state index >= 15 is 0 Å². The fourth-order valence-electron chi connectivity index (χ4n) is 3.48. The highest BCUT2D eigenvalue weighted by atomic mass is 32.1. The summed E-state index contributed by atoms with van der Waals surface area (Å²) in [6, 6.07) is 27.0. The van der Waals surface area contributed by atoms with Gasteiger partial charge in [-0.2, -0.15) is 0 Å². The summed E-state index contributed by atoms with van der Waals surface area (Å²) in [5, 5.41) is 7.22. The number of hydrazine groups is 1. The highest BCUT2D eigenvalue weighted by Gasteiger charge is 2.10. The summed E-state index contributed by atoms with van der Waals surface area (Å²) in [6.45, 7) is 1.67. The zero-order valence-electron chi connectivity index (χ0n) is 19.9. The van der Waals surface area contributed by atoms with E-state index in [1.807, 2.05) is 55.5 Å². The number of benzene rings is 4. The number of aryl methyl sites for hydroxylation is 1.